The van der Waals surface area contributed by atoms with E-state index in [2.05, 4.69) is 22.5 Å². The zero-order valence-corrected chi connectivity index (χ0v) is 15.7. The minimum absolute atomic E-state index is 0.104. The van der Waals surface area contributed by atoms with Crippen molar-refractivity contribution in [1.82, 2.24) is 9.78 Å². The van der Waals surface area contributed by atoms with Crippen molar-refractivity contribution in [2.75, 3.05) is 5.32 Å². The van der Waals surface area contributed by atoms with Gasteiger partial charge in [-0.2, -0.15) is 5.10 Å². The Kier molecular flexibility index (Phi) is 4.33. The van der Waals surface area contributed by atoms with E-state index in [4.69, 9.17) is 4.74 Å². The third-order valence-electron chi connectivity index (χ3n) is 5.03. The molecule has 0 fully saturated rings. The summed E-state index contributed by atoms with van der Waals surface area (Å²) in [6, 6.07) is 25.4. The number of para-hydroxylation sites is 2. The molecular weight excluding hydrogens is 362 g/mol. The van der Waals surface area contributed by atoms with E-state index in [-0.39, 0.29) is 5.91 Å². The summed E-state index contributed by atoms with van der Waals surface area (Å²) in [5, 5.41) is 7.40. The summed E-state index contributed by atoms with van der Waals surface area (Å²) in [5.41, 5.74) is 3.55. The highest BCUT2D eigenvalue weighted by molar-refractivity contribution is 5.99. The van der Waals surface area contributed by atoms with E-state index in [0.29, 0.717) is 23.7 Å². The van der Waals surface area contributed by atoms with Gasteiger partial charge in [0.15, 0.2) is 0 Å². The number of benzene rings is 3. The van der Waals surface area contributed by atoms with Gasteiger partial charge >= 0.3 is 0 Å². The standard InChI is InChI=1S/C24H19N3O2/c28-24(26-18-14-25-27(16-18)15-17-8-2-1-3-9-17)23-19-10-4-6-12-21(19)29-22-13-7-5-11-20(22)23/h1-14,16,23H,15H2,(H,26,28). The summed E-state index contributed by atoms with van der Waals surface area (Å²) in [6.07, 6.45) is 3.53. The second-order valence-corrected chi connectivity index (χ2v) is 7.01. The Hall–Kier alpha value is -3.86. The van der Waals surface area contributed by atoms with Gasteiger partial charge < -0.3 is 10.1 Å². The monoisotopic (exact) mass is 381 g/mol. The van der Waals surface area contributed by atoms with Crippen molar-refractivity contribution >= 4 is 11.6 Å². The van der Waals surface area contributed by atoms with Crippen LogP contribution in [0.15, 0.2) is 91.3 Å². The smallest absolute Gasteiger partial charge is 0.236 e. The number of hydrogen-bond acceptors (Lipinski definition) is 3. The number of aromatic nitrogens is 2. The van der Waals surface area contributed by atoms with E-state index in [1.54, 1.807) is 6.20 Å². The summed E-state index contributed by atoms with van der Waals surface area (Å²) >= 11 is 0. The number of nitrogens with one attached hydrogen (secondary N) is 1. The van der Waals surface area contributed by atoms with Gasteiger partial charge in [-0.25, -0.2) is 0 Å². The van der Waals surface area contributed by atoms with Gasteiger partial charge in [0.05, 0.1) is 24.3 Å². The molecule has 29 heavy (non-hydrogen) atoms. The Balaban J connectivity index is 1.40. The molecule has 3 aromatic carbocycles. The number of carbonyl (C=O) groups is 1. The second-order valence-electron chi connectivity index (χ2n) is 7.01. The van der Waals surface area contributed by atoms with Crippen LogP contribution in [0.3, 0.4) is 0 Å². The molecule has 1 aliphatic rings. The van der Waals surface area contributed by atoms with Gasteiger partial charge in [-0.3, -0.25) is 9.48 Å². The third-order valence-corrected chi connectivity index (χ3v) is 5.03. The number of amides is 1. The van der Waals surface area contributed by atoms with Gasteiger partial charge in [-0.1, -0.05) is 66.7 Å². The van der Waals surface area contributed by atoms with Crippen LogP contribution in [-0.2, 0) is 11.3 Å². The van der Waals surface area contributed by atoms with Gasteiger partial charge in [0.2, 0.25) is 5.91 Å². The quantitative estimate of drug-likeness (QED) is 0.552. The Labute approximate surface area is 168 Å². The molecule has 1 aliphatic heterocycles. The molecule has 0 bridgehead atoms. The fourth-order valence-electron chi connectivity index (χ4n) is 3.69. The highest BCUT2D eigenvalue weighted by Crippen LogP contribution is 2.44. The lowest BCUT2D eigenvalue weighted by Gasteiger charge is -2.27. The lowest BCUT2D eigenvalue weighted by atomic mass is 9.87. The molecule has 142 valence electrons. The van der Waals surface area contributed by atoms with Gasteiger partial charge in [0.1, 0.15) is 11.5 Å². The lowest BCUT2D eigenvalue weighted by molar-refractivity contribution is -0.116. The minimum Gasteiger partial charge on any atom is -0.457 e. The minimum atomic E-state index is -0.436. The van der Waals surface area contributed by atoms with Crippen molar-refractivity contribution in [3.63, 3.8) is 0 Å². The molecule has 4 aromatic rings. The van der Waals surface area contributed by atoms with Crippen molar-refractivity contribution in [2.45, 2.75) is 12.5 Å². The number of hydrogen-bond donors (Lipinski definition) is 1. The van der Waals surface area contributed by atoms with Crippen LogP contribution in [0.25, 0.3) is 0 Å². The zero-order valence-electron chi connectivity index (χ0n) is 15.7. The van der Waals surface area contributed by atoms with E-state index in [1.807, 2.05) is 77.6 Å². The van der Waals surface area contributed by atoms with Crippen LogP contribution in [0.1, 0.15) is 22.6 Å². The molecular formula is C24H19N3O2. The molecule has 0 aliphatic carbocycles. The van der Waals surface area contributed by atoms with E-state index in [9.17, 15) is 4.79 Å². The fourth-order valence-corrected chi connectivity index (χ4v) is 3.69. The fraction of sp³-hybridized carbons (Fsp3) is 0.0833. The Bertz CT molecular complexity index is 1120. The van der Waals surface area contributed by atoms with E-state index in [1.165, 1.54) is 0 Å². The number of rotatable bonds is 4. The van der Waals surface area contributed by atoms with Crippen LogP contribution in [0.4, 0.5) is 5.69 Å². The normalized spacial score (nSPS) is 12.6. The highest BCUT2D eigenvalue weighted by Gasteiger charge is 2.32. The van der Waals surface area contributed by atoms with Crippen LogP contribution >= 0.6 is 0 Å². The maximum absolute atomic E-state index is 13.3. The average molecular weight is 381 g/mol. The average Bonchev–Trinajstić information content (AvgIpc) is 3.19. The molecule has 1 N–H and O–H groups in total. The molecule has 0 saturated carbocycles. The predicted molar refractivity (Wildman–Crippen MR) is 111 cm³/mol. The summed E-state index contributed by atoms with van der Waals surface area (Å²) in [7, 11) is 0. The third kappa shape index (κ3) is 3.38. The van der Waals surface area contributed by atoms with Crippen LogP contribution in [0, 0.1) is 0 Å². The van der Waals surface area contributed by atoms with Gasteiger partial charge in [0, 0.05) is 17.3 Å². The van der Waals surface area contributed by atoms with Crippen molar-refractivity contribution in [3.05, 3.63) is 108 Å². The van der Waals surface area contributed by atoms with Crippen LogP contribution in [-0.4, -0.2) is 15.7 Å². The molecule has 5 rings (SSSR count). The SMILES string of the molecule is O=C(Nc1cnn(Cc2ccccc2)c1)C1c2ccccc2Oc2ccccc21. The first kappa shape index (κ1) is 17.3. The zero-order chi connectivity index (χ0) is 19.6. The molecule has 2 heterocycles. The van der Waals surface area contributed by atoms with E-state index in [0.717, 1.165) is 16.7 Å². The Morgan fingerprint density at radius 1 is 0.897 bits per heavy atom. The maximum Gasteiger partial charge on any atom is 0.236 e. The molecule has 0 unspecified atom stereocenters. The molecule has 5 nitrogen and oxygen atoms in total. The van der Waals surface area contributed by atoms with Crippen LogP contribution in [0.2, 0.25) is 0 Å². The number of ether oxygens (including phenoxy) is 1. The maximum atomic E-state index is 13.3. The molecule has 0 spiro atoms. The Morgan fingerprint density at radius 3 is 2.21 bits per heavy atom. The number of fused-ring (bicyclic) bond motifs is 2. The van der Waals surface area contributed by atoms with Gasteiger partial charge in [-0.15, -0.1) is 0 Å². The first-order chi connectivity index (χ1) is 14.3. The van der Waals surface area contributed by atoms with Crippen molar-refractivity contribution in [1.29, 1.82) is 0 Å². The molecule has 0 atom stereocenters. The number of anilines is 1. The second kappa shape index (κ2) is 7.28. The summed E-state index contributed by atoms with van der Waals surface area (Å²) in [4.78, 5) is 13.3. The van der Waals surface area contributed by atoms with Crippen LogP contribution < -0.4 is 10.1 Å². The highest BCUT2D eigenvalue weighted by atomic mass is 16.5. The molecule has 5 heteroatoms. The summed E-state index contributed by atoms with van der Waals surface area (Å²) < 4.78 is 7.80. The Morgan fingerprint density at radius 2 is 1.52 bits per heavy atom. The summed E-state index contributed by atoms with van der Waals surface area (Å²) in [5.74, 6) is 0.887. The van der Waals surface area contributed by atoms with E-state index >= 15 is 0 Å². The predicted octanol–water partition coefficient (Wildman–Crippen LogP) is 4.81. The molecule has 1 amide bonds. The van der Waals surface area contributed by atoms with Crippen molar-refractivity contribution in [2.24, 2.45) is 0 Å². The first-order valence-corrected chi connectivity index (χ1v) is 9.51. The van der Waals surface area contributed by atoms with Gasteiger partial charge in [0.25, 0.3) is 0 Å². The van der Waals surface area contributed by atoms with Crippen molar-refractivity contribution < 1.29 is 9.53 Å². The largest absolute Gasteiger partial charge is 0.457 e. The molecule has 0 saturated heterocycles. The lowest BCUT2D eigenvalue weighted by Crippen LogP contribution is -2.24. The number of carbonyl (C=O) groups excluding carboxylic acids is 1. The van der Waals surface area contributed by atoms with Crippen molar-refractivity contribution in [3.8, 4) is 11.5 Å². The topological polar surface area (TPSA) is 56.2 Å². The molecule has 0 radical (unpaired) electrons. The van der Waals surface area contributed by atoms with Crippen LogP contribution in [0.5, 0.6) is 11.5 Å². The summed E-state index contributed by atoms with van der Waals surface area (Å²) in [6.45, 7) is 0.652. The first-order valence-electron chi connectivity index (χ1n) is 9.51. The van der Waals surface area contributed by atoms with E-state index < -0.39 is 5.92 Å². The molecule has 1 aromatic heterocycles. The number of nitrogens with zero attached hydrogens (tertiary/aromatic N) is 2. The van der Waals surface area contributed by atoms with Gasteiger partial charge in [-0.05, 0) is 17.7 Å².